The highest BCUT2D eigenvalue weighted by Gasteiger charge is 2.12. The van der Waals surface area contributed by atoms with Crippen LogP contribution in [0.15, 0.2) is 12.1 Å². The van der Waals surface area contributed by atoms with Gasteiger partial charge >= 0.3 is 0 Å². The summed E-state index contributed by atoms with van der Waals surface area (Å²) in [6, 6.07) is 3.66. The number of ether oxygens (including phenoxy) is 1. The van der Waals surface area contributed by atoms with E-state index in [9.17, 15) is 9.59 Å². The molecule has 0 aliphatic heterocycles. The second kappa shape index (κ2) is 5.78. The topological polar surface area (TPSA) is 43.4 Å². The number of hydrogen-bond acceptors (Lipinski definition) is 4. The first-order valence-corrected chi connectivity index (χ1v) is 5.55. The minimum atomic E-state index is -0.0887. The summed E-state index contributed by atoms with van der Waals surface area (Å²) in [5, 5.41) is 0. The highest BCUT2D eigenvalue weighted by Crippen LogP contribution is 2.17. The van der Waals surface area contributed by atoms with Crippen molar-refractivity contribution in [1.29, 1.82) is 0 Å². The third kappa shape index (κ3) is 3.93. The van der Waals surface area contributed by atoms with E-state index in [4.69, 9.17) is 4.74 Å². The van der Waals surface area contributed by atoms with Crippen LogP contribution in [0.25, 0.3) is 0 Å². The average molecular weight is 226 g/mol. The number of hydrogen-bond donors (Lipinski definition) is 0. The average Bonchev–Trinajstić information content (AvgIpc) is 2.61. The fourth-order valence-corrected chi connectivity index (χ4v) is 1.96. The first-order valence-electron chi connectivity index (χ1n) is 4.73. The maximum absolute atomic E-state index is 11.6. The van der Waals surface area contributed by atoms with Gasteiger partial charge in [-0.15, -0.1) is 11.3 Å². The van der Waals surface area contributed by atoms with E-state index in [0.29, 0.717) is 17.9 Å². The first-order chi connectivity index (χ1) is 7.13. The van der Waals surface area contributed by atoms with Crippen LogP contribution in [0.5, 0.6) is 0 Å². The van der Waals surface area contributed by atoms with Gasteiger partial charge in [-0.25, -0.2) is 0 Å². The Labute approximate surface area is 93.1 Å². The van der Waals surface area contributed by atoms with E-state index in [1.165, 1.54) is 18.4 Å². The number of aryl methyl sites for hydroxylation is 1. The van der Waals surface area contributed by atoms with E-state index in [1.807, 2.05) is 13.0 Å². The SMILES string of the molecule is COCCC(=O)CC(=O)c1ccc(C)s1. The summed E-state index contributed by atoms with van der Waals surface area (Å²) >= 11 is 1.43. The van der Waals surface area contributed by atoms with Gasteiger partial charge in [0.2, 0.25) is 0 Å². The summed E-state index contributed by atoms with van der Waals surface area (Å²) in [6.07, 6.45) is 0.301. The molecule has 0 radical (unpaired) electrons. The predicted octanol–water partition coefficient (Wildman–Crippen LogP) is 2.23. The van der Waals surface area contributed by atoms with Crippen LogP contribution < -0.4 is 0 Å². The lowest BCUT2D eigenvalue weighted by atomic mass is 10.1. The van der Waals surface area contributed by atoms with Crippen LogP contribution in [0, 0.1) is 6.92 Å². The van der Waals surface area contributed by atoms with Crippen LogP contribution in [0.3, 0.4) is 0 Å². The van der Waals surface area contributed by atoms with Crippen molar-refractivity contribution in [3.63, 3.8) is 0 Å². The molecule has 0 amide bonds. The molecule has 0 aliphatic carbocycles. The second-order valence-corrected chi connectivity index (χ2v) is 4.58. The molecule has 0 saturated carbocycles. The molecule has 0 unspecified atom stereocenters. The van der Waals surface area contributed by atoms with Crippen molar-refractivity contribution in [1.82, 2.24) is 0 Å². The fourth-order valence-electron chi connectivity index (χ4n) is 1.15. The fraction of sp³-hybridized carbons (Fsp3) is 0.455. The smallest absolute Gasteiger partial charge is 0.180 e. The molecule has 1 heterocycles. The quantitative estimate of drug-likeness (QED) is 0.552. The summed E-state index contributed by atoms with van der Waals surface area (Å²) in [4.78, 5) is 24.6. The predicted molar refractivity (Wildman–Crippen MR) is 59.5 cm³/mol. The molecule has 1 rings (SSSR count). The third-order valence-electron chi connectivity index (χ3n) is 1.96. The van der Waals surface area contributed by atoms with Gasteiger partial charge in [-0.1, -0.05) is 0 Å². The van der Waals surface area contributed by atoms with Crippen molar-refractivity contribution >= 4 is 22.9 Å². The van der Waals surface area contributed by atoms with Gasteiger partial charge < -0.3 is 4.74 Å². The van der Waals surface area contributed by atoms with E-state index >= 15 is 0 Å². The van der Waals surface area contributed by atoms with Gasteiger partial charge in [0, 0.05) is 18.4 Å². The molecule has 0 spiro atoms. The van der Waals surface area contributed by atoms with E-state index in [2.05, 4.69) is 0 Å². The van der Waals surface area contributed by atoms with Crippen molar-refractivity contribution in [2.45, 2.75) is 19.8 Å². The van der Waals surface area contributed by atoms with Gasteiger partial charge in [0.25, 0.3) is 0 Å². The Morgan fingerprint density at radius 2 is 2.13 bits per heavy atom. The number of Topliss-reactive ketones (excluding diaryl/α,β-unsaturated/α-hetero) is 2. The van der Waals surface area contributed by atoms with E-state index in [1.54, 1.807) is 6.07 Å². The van der Waals surface area contributed by atoms with Crippen molar-refractivity contribution in [3.05, 3.63) is 21.9 Å². The highest BCUT2D eigenvalue weighted by molar-refractivity contribution is 7.14. The zero-order chi connectivity index (χ0) is 11.3. The molecule has 0 aliphatic rings. The van der Waals surface area contributed by atoms with Crippen LogP contribution in [0.2, 0.25) is 0 Å². The Morgan fingerprint density at radius 3 is 2.67 bits per heavy atom. The monoisotopic (exact) mass is 226 g/mol. The molecule has 0 atom stereocenters. The lowest BCUT2D eigenvalue weighted by molar-refractivity contribution is -0.119. The van der Waals surface area contributed by atoms with Crippen molar-refractivity contribution < 1.29 is 14.3 Å². The van der Waals surface area contributed by atoms with Gasteiger partial charge in [-0.05, 0) is 19.1 Å². The molecule has 1 aromatic rings. The van der Waals surface area contributed by atoms with Gasteiger partial charge in [0.1, 0.15) is 5.78 Å². The standard InChI is InChI=1S/C11H14O3S/c1-8-3-4-11(15-8)10(13)7-9(12)5-6-14-2/h3-4H,5-7H2,1-2H3. The maximum Gasteiger partial charge on any atom is 0.180 e. The Morgan fingerprint density at radius 1 is 1.40 bits per heavy atom. The summed E-state index contributed by atoms with van der Waals surface area (Å²) < 4.78 is 4.77. The van der Waals surface area contributed by atoms with Gasteiger partial charge in [0.15, 0.2) is 5.78 Å². The van der Waals surface area contributed by atoms with Crippen molar-refractivity contribution in [2.75, 3.05) is 13.7 Å². The van der Waals surface area contributed by atoms with Crippen LogP contribution in [0.4, 0.5) is 0 Å². The molecule has 0 bridgehead atoms. The summed E-state index contributed by atoms with van der Waals surface area (Å²) in [5.41, 5.74) is 0. The number of rotatable bonds is 6. The molecule has 0 saturated heterocycles. The van der Waals surface area contributed by atoms with Gasteiger partial charge in [-0.3, -0.25) is 9.59 Å². The number of ketones is 2. The Bertz CT molecular complexity index is 354. The Kier molecular flexibility index (Phi) is 4.65. The lowest BCUT2D eigenvalue weighted by Gasteiger charge is -1.98. The number of carbonyl (C=O) groups excluding carboxylic acids is 2. The molecule has 0 fully saturated rings. The first kappa shape index (κ1) is 12.1. The zero-order valence-electron chi connectivity index (χ0n) is 8.91. The van der Waals surface area contributed by atoms with Crippen LogP contribution in [-0.4, -0.2) is 25.3 Å². The van der Waals surface area contributed by atoms with Crippen LogP contribution >= 0.6 is 11.3 Å². The summed E-state index contributed by atoms with van der Waals surface area (Å²) in [5.74, 6) is -0.151. The summed E-state index contributed by atoms with van der Waals surface area (Å²) in [6.45, 7) is 2.32. The molecule has 0 aromatic carbocycles. The van der Waals surface area contributed by atoms with Crippen LogP contribution in [0.1, 0.15) is 27.4 Å². The normalized spacial score (nSPS) is 10.3. The molecule has 4 heteroatoms. The molecule has 0 N–H and O–H groups in total. The Balaban J connectivity index is 2.45. The van der Waals surface area contributed by atoms with E-state index in [0.717, 1.165) is 4.88 Å². The second-order valence-electron chi connectivity index (χ2n) is 3.29. The molecule has 1 aromatic heterocycles. The van der Waals surface area contributed by atoms with Crippen LogP contribution in [-0.2, 0) is 9.53 Å². The summed E-state index contributed by atoms with van der Waals surface area (Å²) in [7, 11) is 1.54. The molecule has 82 valence electrons. The van der Waals surface area contributed by atoms with Gasteiger partial charge in [-0.2, -0.15) is 0 Å². The maximum atomic E-state index is 11.6. The molecular weight excluding hydrogens is 212 g/mol. The highest BCUT2D eigenvalue weighted by atomic mass is 32.1. The van der Waals surface area contributed by atoms with Crippen molar-refractivity contribution in [2.24, 2.45) is 0 Å². The minimum Gasteiger partial charge on any atom is -0.384 e. The lowest BCUT2D eigenvalue weighted by Crippen LogP contribution is -2.09. The molecular formula is C11H14O3S. The van der Waals surface area contributed by atoms with E-state index in [-0.39, 0.29) is 18.0 Å². The third-order valence-corrected chi connectivity index (χ3v) is 3.00. The van der Waals surface area contributed by atoms with E-state index < -0.39 is 0 Å². The molecule has 15 heavy (non-hydrogen) atoms. The number of methoxy groups -OCH3 is 1. The minimum absolute atomic E-state index is 0.0106. The molecule has 3 nitrogen and oxygen atoms in total. The van der Waals surface area contributed by atoms with Gasteiger partial charge in [0.05, 0.1) is 17.9 Å². The number of thiophene rings is 1. The number of carbonyl (C=O) groups is 2. The van der Waals surface area contributed by atoms with Crippen molar-refractivity contribution in [3.8, 4) is 0 Å². The zero-order valence-corrected chi connectivity index (χ0v) is 9.73. The largest absolute Gasteiger partial charge is 0.384 e. The Hall–Kier alpha value is -1.000.